The van der Waals surface area contributed by atoms with Crippen molar-refractivity contribution in [2.24, 2.45) is 38.1 Å². The average molecular weight is 989 g/mol. The smallest absolute Gasteiger partial charge is 0.388 e. The van der Waals surface area contributed by atoms with Crippen LogP contribution in [0.4, 0.5) is 0 Å². The SMILES string of the molecule is CC(N)[C@H]1O[C@@H]2SC(N(C)C)=N[C@@H]2[C@@H](OCc2ccccc2)[C@@H]1C.C[C@@H](N)[C@H]1O[C@@H]2SC(N(C)C)=N[C@@H]2[C@@H](O)[C@@H]1O.C[C@H](N)[C@H]1O[C@@H]2SC(N(C)C)=N[C@@H]2[C@@H](O)[C@@H]1O.ClB(Cl)Cl. The van der Waals surface area contributed by atoms with Gasteiger partial charge in [0.2, 0.25) is 0 Å². The number of amidine groups is 3. The van der Waals surface area contributed by atoms with Gasteiger partial charge in [-0.25, -0.2) is 0 Å². The standard InChI is InChI=1S/C18H27N3O2S.2C10H19N3O3S.BCl3/c1-11-15(12(2)19)23-17-14(20-18(24-17)21(3)4)16(11)22-10-13-8-6-5-7-9-13;2*1-4(11)8-7(15)6(14)5-9(16-8)17-10(12-5)13(2)3;2-1(3)4/h5-9,11-12,14-17H,10,19H2,1-4H3;2*4-9,14-15H,11H2,1-3H3;/t11-,12?,14-,15+,16+,17-;4-,5+,6+,7-,8+,9+;4-,5-,6-,7+,8-,9-;/m101./s1. The molecule has 6 aliphatic rings. The molecule has 1 unspecified atom stereocenters. The van der Waals surface area contributed by atoms with E-state index < -0.39 is 53.7 Å². The highest BCUT2D eigenvalue weighted by Crippen LogP contribution is 2.42. The second-order valence-electron chi connectivity index (χ2n) is 16.6. The van der Waals surface area contributed by atoms with E-state index in [-0.39, 0.29) is 58.6 Å². The van der Waals surface area contributed by atoms with E-state index in [0.717, 1.165) is 15.5 Å². The topological polar surface area (TPSA) is 243 Å². The fourth-order valence-corrected chi connectivity index (χ4v) is 10.8. The Kier molecular flexibility index (Phi) is 21.1. The number of thioether (sulfide) groups is 3. The minimum atomic E-state index is -0.984. The number of aliphatic hydroxyl groups excluding tert-OH is 4. The Morgan fingerprint density at radius 1 is 0.629 bits per heavy atom. The number of fused-ring (bicyclic) bond motifs is 3. The van der Waals surface area contributed by atoms with Crippen molar-refractivity contribution in [3.63, 3.8) is 0 Å². The zero-order valence-electron chi connectivity index (χ0n) is 36.8. The first-order valence-electron chi connectivity index (χ1n) is 20.3. The zero-order chi connectivity index (χ0) is 46.3. The molecule has 17 nitrogen and oxygen atoms in total. The van der Waals surface area contributed by atoms with Crippen molar-refractivity contribution in [3.8, 4) is 0 Å². The van der Waals surface area contributed by atoms with Crippen LogP contribution >= 0.6 is 69.7 Å². The number of halogens is 3. The first-order valence-corrected chi connectivity index (χ1v) is 24.3. The summed E-state index contributed by atoms with van der Waals surface area (Å²) in [6, 6.07) is 8.75. The van der Waals surface area contributed by atoms with Gasteiger partial charge in [-0.3, -0.25) is 15.0 Å². The second kappa shape index (κ2) is 24.3. The maximum atomic E-state index is 10.0. The molecule has 3 saturated heterocycles. The average Bonchev–Trinajstić information content (AvgIpc) is 3.95. The first kappa shape index (κ1) is 53.8. The van der Waals surface area contributed by atoms with Crippen LogP contribution < -0.4 is 17.2 Å². The lowest BCUT2D eigenvalue weighted by molar-refractivity contribution is -0.157. The van der Waals surface area contributed by atoms with Crippen LogP contribution in [0.1, 0.15) is 33.3 Å². The van der Waals surface area contributed by atoms with E-state index in [4.69, 9.17) is 75.5 Å². The highest BCUT2D eigenvalue weighted by molar-refractivity contribution is 8.15. The summed E-state index contributed by atoms with van der Waals surface area (Å²) in [5.74, 6) is 0.195. The Bertz CT molecular complexity index is 1590. The van der Waals surface area contributed by atoms with Crippen molar-refractivity contribution >= 4 is 90.1 Å². The lowest BCUT2D eigenvalue weighted by atomic mass is 9.87. The van der Waals surface area contributed by atoms with Gasteiger partial charge >= 0.3 is 4.96 Å². The van der Waals surface area contributed by atoms with E-state index in [9.17, 15) is 20.4 Å². The molecule has 0 spiro atoms. The monoisotopic (exact) mass is 987 g/mol. The van der Waals surface area contributed by atoms with Crippen LogP contribution in [0.25, 0.3) is 0 Å². The van der Waals surface area contributed by atoms with Gasteiger partial charge in [-0.2, -0.15) is 34.4 Å². The molecule has 352 valence electrons. The molecule has 0 bridgehead atoms. The van der Waals surface area contributed by atoms with E-state index in [0.29, 0.717) is 6.61 Å². The van der Waals surface area contributed by atoms with E-state index >= 15 is 0 Å². The Hall–Kier alpha value is -0.825. The lowest BCUT2D eigenvalue weighted by Gasteiger charge is -2.43. The van der Waals surface area contributed by atoms with Crippen LogP contribution in [0.5, 0.6) is 0 Å². The molecule has 3 fully saturated rings. The van der Waals surface area contributed by atoms with Crippen molar-refractivity contribution in [2.45, 2.75) is 136 Å². The number of hydrogen-bond donors (Lipinski definition) is 7. The van der Waals surface area contributed by atoms with Gasteiger partial charge in [0.25, 0.3) is 0 Å². The van der Waals surface area contributed by atoms with Gasteiger partial charge in [0.05, 0.1) is 18.8 Å². The summed E-state index contributed by atoms with van der Waals surface area (Å²) in [7, 11) is 11.6. The van der Waals surface area contributed by atoms with Gasteiger partial charge in [0.1, 0.15) is 71.1 Å². The minimum Gasteiger partial charge on any atom is -0.388 e. The van der Waals surface area contributed by atoms with Crippen molar-refractivity contribution < 1.29 is 39.4 Å². The summed E-state index contributed by atoms with van der Waals surface area (Å²) >= 11 is 19.0. The molecule has 1 aromatic carbocycles. The van der Waals surface area contributed by atoms with Crippen LogP contribution in [0.15, 0.2) is 45.3 Å². The molecule has 62 heavy (non-hydrogen) atoms. The Labute approximate surface area is 394 Å². The lowest BCUT2D eigenvalue weighted by Crippen LogP contribution is -2.59. The van der Waals surface area contributed by atoms with Crippen LogP contribution in [-0.4, -0.2) is 199 Å². The predicted molar refractivity (Wildman–Crippen MR) is 256 cm³/mol. The number of aliphatic imine (C=N–C) groups is 3. The molecule has 18 atom stereocenters. The number of aliphatic hydroxyl groups is 4. The van der Waals surface area contributed by atoms with E-state index in [1.54, 1.807) is 25.6 Å². The number of rotatable bonds is 6. The molecule has 0 aliphatic carbocycles. The maximum absolute atomic E-state index is 10.0. The molecule has 24 heteroatoms. The fraction of sp³-hybridized carbons (Fsp3) is 0.763. The fourth-order valence-electron chi connectivity index (χ4n) is 7.40. The van der Waals surface area contributed by atoms with Gasteiger partial charge < -0.3 is 71.3 Å². The molecule has 1 aromatic rings. The summed E-state index contributed by atoms with van der Waals surface area (Å²) in [5.41, 5.74) is 18.3. The number of hydrogen-bond acceptors (Lipinski definition) is 20. The van der Waals surface area contributed by atoms with E-state index in [1.807, 2.05) is 82.1 Å². The Morgan fingerprint density at radius 3 is 1.32 bits per heavy atom. The quantitative estimate of drug-likeness (QED) is 0.201. The number of nitrogens with zero attached hydrogens (tertiary/aromatic N) is 6. The Morgan fingerprint density at radius 2 is 0.968 bits per heavy atom. The summed E-state index contributed by atoms with van der Waals surface area (Å²) in [5, 5.41) is 42.6. The second-order valence-corrected chi connectivity index (χ2v) is 21.7. The van der Waals surface area contributed by atoms with Crippen molar-refractivity contribution in [2.75, 3.05) is 42.3 Å². The third kappa shape index (κ3) is 13.9. The molecule has 0 aromatic heterocycles. The molecule has 0 saturated carbocycles. The molecular formula is C38H65BCl3N9O8S3. The molecular weight excluding hydrogens is 924 g/mol. The van der Waals surface area contributed by atoms with Crippen LogP contribution in [-0.2, 0) is 25.6 Å². The summed E-state index contributed by atoms with van der Waals surface area (Å²) in [4.78, 5) is 18.6. The van der Waals surface area contributed by atoms with Gasteiger partial charge in [-0.05, 0) is 26.3 Å². The van der Waals surface area contributed by atoms with Crippen LogP contribution in [0, 0.1) is 5.92 Å². The molecule has 6 heterocycles. The van der Waals surface area contributed by atoms with Crippen molar-refractivity contribution in [1.29, 1.82) is 0 Å². The molecule has 10 N–H and O–H groups in total. The van der Waals surface area contributed by atoms with E-state index in [2.05, 4.69) is 29.0 Å². The summed E-state index contributed by atoms with van der Waals surface area (Å²) in [6.45, 7) is 8.27. The number of benzene rings is 1. The maximum Gasteiger partial charge on any atom is 0.450 e. The van der Waals surface area contributed by atoms with Crippen molar-refractivity contribution in [1.82, 2.24) is 14.7 Å². The Balaban J connectivity index is 0.000000200. The van der Waals surface area contributed by atoms with Crippen molar-refractivity contribution in [3.05, 3.63) is 35.9 Å². The summed E-state index contributed by atoms with van der Waals surface area (Å²) < 4.78 is 24.0. The third-order valence-corrected chi connectivity index (χ3v) is 14.5. The normalized spacial score (nSPS) is 37.0. The number of ether oxygens (including phenoxy) is 4. The molecule has 7 rings (SSSR count). The van der Waals surface area contributed by atoms with E-state index in [1.165, 1.54) is 29.1 Å². The first-order chi connectivity index (χ1) is 29.0. The molecule has 6 aliphatic heterocycles. The third-order valence-electron chi connectivity index (χ3n) is 10.6. The van der Waals surface area contributed by atoms with Gasteiger partial charge in [-0.15, -0.1) is 0 Å². The minimum absolute atomic E-state index is 0.00454. The number of nitrogens with two attached hydrogens (primary N) is 3. The largest absolute Gasteiger partial charge is 0.450 e. The van der Waals surface area contributed by atoms with Crippen LogP contribution in [0.3, 0.4) is 0 Å². The van der Waals surface area contributed by atoms with Gasteiger partial charge in [-0.1, -0.05) is 72.5 Å². The van der Waals surface area contributed by atoms with Gasteiger partial charge in [0, 0.05) is 66.3 Å². The highest BCUT2D eigenvalue weighted by atomic mass is 35.6. The molecule has 0 radical (unpaired) electrons. The zero-order valence-corrected chi connectivity index (χ0v) is 41.5. The van der Waals surface area contributed by atoms with Crippen LogP contribution in [0.2, 0.25) is 0 Å². The van der Waals surface area contributed by atoms with Gasteiger partial charge in [0.15, 0.2) is 15.5 Å². The molecule has 0 amide bonds. The predicted octanol–water partition coefficient (Wildman–Crippen LogP) is 1.63. The summed E-state index contributed by atoms with van der Waals surface area (Å²) in [6.07, 6.45) is -4.92. The highest BCUT2D eigenvalue weighted by Gasteiger charge is 2.52.